The predicted octanol–water partition coefficient (Wildman–Crippen LogP) is -1.95. The van der Waals surface area contributed by atoms with Crippen LogP contribution >= 0.6 is 0 Å². The molecular weight excluding hydrogens is 989 g/mol. The van der Waals surface area contributed by atoms with E-state index in [9.17, 15) is 71.5 Å². The number of hydrogen-bond acceptors (Lipinski definition) is 22. The molecule has 0 bridgehead atoms. The molecule has 432 valence electrons. The fraction of sp³-hybridized carbons (Fsp3) is 0.962. The number of allylic oxidation sites excluding steroid dienone is 2. The normalized spacial score (nSPS) is 54.7. The van der Waals surface area contributed by atoms with Crippen molar-refractivity contribution in [1.82, 2.24) is 0 Å². The lowest BCUT2D eigenvalue weighted by Gasteiger charge is -2.64. The summed E-state index contributed by atoms with van der Waals surface area (Å²) in [5.74, 6) is 0.188. The van der Waals surface area contributed by atoms with E-state index in [1.54, 1.807) is 0 Å². The summed E-state index contributed by atoms with van der Waals surface area (Å²) in [6, 6.07) is 0. The topological polar surface area (TPSA) is 357 Å². The van der Waals surface area contributed by atoms with Gasteiger partial charge in [0.25, 0.3) is 0 Å². The minimum atomic E-state index is -1.94. The van der Waals surface area contributed by atoms with Crippen LogP contribution < -0.4 is 0 Å². The third-order valence-electron chi connectivity index (χ3n) is 21.0. The van der Waals surface area contributed by atoms with Crippen LogP contribution in [0.2, 0.25) is 0 Å². The van der Waals surface area contributed by atoms with Gasteiger partial charge in [0, 0.05) is 5.41 Å². The van der Waals surface area contributed by atoms with E-state index in [2.05, 4.69) is 54.5 Å². The highest BCUT2D eigenvalue weighted by Crippen LogP contribution is 2.89. The van der Waals surface area contributed by atoms with Gasteiger partial charge in [0.2, 0.25) is 0 Å². The molecule has 14 N–H and O–H groups in total. The highest BCUT2D eigenvalue weighted by Gasteiger charge is 2.86. The van der Waals surface area contributed by atoms with Gasteiger partial charge in [0.05, 0.1) is 44.7 Å². The van der Waals surface area contributed by atoms with E-state index in [4.69, 9.17) is 37.9 Å². The highest BCUT2D eigenvalue weighted by atomic mass is 16.8. The molecule has 9 fully saturated rings. The number of aliphatic hydroxyl groups is 14. The van der Waals surface area contributed by atoms with Crippen LogP contribution in [0, 0.1) is 50.7 Å². The lowest BCUT2D eigenvalue weighted by molar-refractivity contribution is -0.399. The Bertz CT molecular complexity index is 1990. The van der Waals surface area contributed by atoms with Crippen LogP contribution in [0.3, 0.4) is 0 Å². The van der Waals surface area contributed by atoms with Crippen LogP contribution in [-0.4, -0.2) is 233 Å². The van der Waals surface area contributed by atoms with Crippen molar-refractivity contribution in [3.05, 3.63) is 11.6 Å². The molecule has 30 atom stereocenters. The molecule has 9 rings (SSSR count). The largest absolute Gasteiger partial charge is 0.394 e. The number of hydrogen-bond donors (Lipinski definition) is 14. The Hall–Kier alpha value is -1.14. The van der Waals surface area contributed by atoms with Crippen LogP contribution in [0.25, 0.3) is 0 Å². The van der Waals surface area contributed by atoms with Gasteiger partial charge in [-0.3, -0.25) is 0 Å². The molecule has 0 amide bonds. The highest BCUT2D eigenvalue weighted by molar-refractivity contribution is 5.34. The summed E-state index contributed by atoms with van der Waals surface area (Å²) in [5, 5.41) is 152. The van der Waals surface area contributed by atoms with Crippen LogP contribution in [-0.2, 0) is 37.9 Å². The molecule has 0 aromatic heterocycles. The third-order valence-corrected chi connectivity index (χ3v) is 21.0. The molecule has 2 spiro atoms. The SMILES string of the molecule is CC(C)=CCCC(C)C1C(OC2OCC(O)C(O)C2O)CC2(C)C3CCC4C(C)(C)C(OC5OC(CO)C(O)C(OC6OC(CO)C(O)C(O)C6O)C5OC5OC(CO)C(O)C(O)C5O)CCC45CC35C(O)CC12C. The molecule has 4 heterocycles. The van der Waals surface area contributed by atoms with Crippen molar-refractivity contribution >= 4 is 0 Å². The van der Waals surface area contributed by atoms with Crippen LogP contribution in [0.15, 0.2) is 11.6 Å². The molecule has 0 aromatic carbocycles. The van der Waals surface area contributed by atoms with Gasteiger partial charge in [-0.2, -0.15) is 0 Å². The Morgan fingerprint density at radius 1 is 0.587 bits per heavy atom. The molecular formula is C53H88O22. The average Bonchev–Trinajstić information content (AvgIpc) is 4.19. The molecule has 0 aromatic rings. The molecule has 22 heteroatoms. The molecule has 5 saturated carbocycles. The third kappa shape index (κ3) is 9.44. The van der Waals surface area contributed by atoms with E-state index in [0.29, 0.717) is 25.7 Å². The van der Waals surface area contributed by atoms with Gasteiger partial charge in [0.1, 0.15) is 91.6 Å². The summed E-state index contributed by atoms with van der Waals surface area (Å²) in [5.41, 5.74) is -0.913. The Labute approximate surface area is 438 Å². The first-order valence-corrected chi connectivity index (χ1v) is 27.4. The van der Waals surface area contributed by atoms with Crippen LogP contribution in [0.1, 0.15) is 106 Å². The molecule has 9 aliphatic rings. The number of aliphatic hydroxyl groups excluding tert-OH is 14. The summed E-state index contributed by atoms with van der Waals surface area (Å²) in [6.07, 6.45) is -24.1. The van der Waals surface area contributed by atoms with Gasteiger partial charge in [0.15, 0.2) is 25.2 Å². The van der Waals surface area contributed by atoms with E-state index in [-0.39, 0.29) is 47.2 Å². The molecule has 5 aliphatic carbocycles. The van der Waals surface area contributed by atoms with Crippen molar-refractivity contribution in [1.29, 1.82) is 0 Å². The summed E-state index contributed by atoms with van der Waals surface area (Å²) < 4.78 is 49.8. The molecule has 30 unspecified atom stereocenters. The zero-order chi connectivity index (χ0) is 54.6. The summed E-state index contributed by atoms with van der Waals surface area (Å²) >= 11 is 0. The summed E-state index contributed by atoms with van der Waals surface area (Å²) in [4.78, 5) is 0. The van der Waals surface area contributed by atoms with Gasteiger partial charge in [-0.05, 0) is 117 Å². The Kier molecular flexibility index (Phi) is 16.9. The zero-order valence-corrected chi connectivity index (χ0v) is 44.3. The molecule has 0 radical (unpaired) electrons. The molecule has 4 saturated heterocycles. The summed E-state index contributed by atoms with van der Waals surface area (Å²) in [6.45, 7) is 12.7. The van der Waals surface area contributed by atoms with Gasteiger partial charge >= 0.3 is 0 Å². The van der Waals surface area contributed by atoms with E-state index < -0.39 is 165 Å². The van der Waals surface area contributed by atoms with Crippen molar-refractivity contribution in [2.45, 2.75) is 241 Å². The first kappa shape index (κ1) is 58.5. The quantitative estimate of drug-likeness (QED) is 0.0626. The minimum absolute atomic E-state index is 0.00217. The average molecular weight is 1080 g/mol. The zero-order valence-electron chi connectivity index (χ0n) is 44.3. The molecule has 22 nitrogen and oxygen atoms in total. The van der Waals surface area contributed by atoms with Crippen LogP contribution in [0.5, 0.6) is 0 Å². The van der Waals surface area contributed by atoms with E-state index in [0.717, 1.165) is 32.1 Å². The number of ether oxygens (including phenoxy) is 8. The van der Waals surface area contributed by atoms with Crippen molar-refractivity contribution in [2.24, 2.45) is 50.7 Å². The predicted molar refractivity (Wildman–Crippen MR) is 258 cm³/mol. The number of fused-ring (bicyclic) bond motifs is 2. The smallest absolute Gasteiger partial charge is 0.187 e. The van der Waals surface area contributed by atoms with Crippen molar-refractivity contribution in [3.63, 3.8) is 0 Å². The van der Waals surface area contributed by atoms with Crippen LogP contribution in [0.4, 0.5) is 0 Å². The molecule has 4 aliphatic heterocycles. The monoisotopic (exact) mass is 1080 g/mol. The standard InChI is InChI=1S/C53H88O22/c1-22(2)9-8-10-23(3)33-25(69-45-40(65)34(59)24(57)20-68-45)15-50(6)30-12-11-29-49(4,5)32(13-14-52(29)21-53(30,52)31(58)16-51(33,50)7)73-48-44(75-47-42(67)39(64)36(61)27(18-55)71-47)43(37(62)28(19-56)72-48)74-46-41(66)38(63)35(60)26(17-54)70-46/h9,23-48,54-67H,8,10-21H2,1-7H3. The summed E-state index contributed by atoms with van der Waals surface area (Å²) in [7, 11) is 0. The van der Waals surface area contributed by atoms with Crippen molar-refractivity contribution in [2.75, 3.05) is 26.4 Å². The van der Waals surface area contributed by atoms with Gasteiger partial charge < -0.3 is 109 Å². The van der Waals surface area contributed by atoms with E-state index in [1.807, 2.05) is 0 Å². The van der Waals surface area contributed by atoms with Gasteiger partial charge in [-0.1, -0.05) is 46.3 Å². The number of rotatable bonds is 15. The Morgan fingerprint density at radius 3 is 1.72 bits per heavy atom. The fourth-order valence-corrected chi connectivity index (χ4v) is 17.0. The van der Waals surface area contributed by atoms with Crippen molar-refractivity contribution < 1.29 is 109 Å². The maximum absolute atomic E-state index is 13.0. The van der Waals surface area contributed by atoms with Crippen molar-refractivity contribution in [3.8, 4) is 0 Å². The second kappa shape index (κ2) is 21.6. The minimum Gasteiger partial charge on any atom is -0.394 e. The van der Waals surface area contributed by atoms with E-state index >= 15 is 0 Å². The first-order chi connectivity index (χ1) is 35.3. The Balaban J connectivity index is 1.00. The first-order valence-electron chi connectivity index (χ1n) is 27.4. The lowest BCUT2D eigenvalue weighted by atomic mass is 9.41. The van der Waals surface area contributed by atoms with Gasteiger partial charge in [-0.15, -0.1) is 0 Å². The second-order valence-corrected chi connectivity index (χ2v) is 25.4. The maximum Gasteiger partial charge on any atom is 0.187 e. The maximum atomic E-state index is 13.0. The fourth-order valence-electron chi connectivity index (χ4n) is 17.0. The Morgan fingerprint density at radius 2 is 1.13 bits per heavy atom. The lowest BCUT2D eigenvalue weighted by Crippen LogP contribution is -2.68. The van der Waals surface area contributed by atoms with E-state index in [1.165, 1.54) is 5.57 Å². The molecule has 75 heavy (non-hydrogen) atoms. The van der Waals surface area contributed by atoms with Gasteiger partial charge in [-0.25, -0.2) is 0 Å². The second-order valence-electron chi connectivity index (χ2n) is 25.4.